The second-order valence-corrected chi connectivity index (χ2v) is 8.10. The highest BCUT2D eigenvalue weighted by molar-refractivity contribution is 7.15. The van der Waals surface area contributed by atoms with E-state index in [9.17, 15) is 13.6 Å². The molecule has 3 aromatic rings. The highest BCUT2D eigenvalue weighted by Gasteiger charge is 2.18. The number of aromatic amines is 1. The largest absolute Gasteiger partial charge is 0.490 e. The monoisotopic (exact) mass is 433 g/mol. The van der Waals surface area contributed by atoms with Gasteiger partial charge in [-0.25, -0.2) is 9.89 Å². The maximum absolute atomic E-state index is 13.0. The van der Waals surface area contributed by atoms with Crippen LogP contribution in [0.3, 0.4) is 0 Å². The summed E-state index contributed by atoms with van der Waals surface area (Å²) in [6.45, 7) is 3.40. The molecule has 1 aliphatic rings. The van der Waals surface area contributed by atoms with Gasteiger partial charge < -0.3 is 15.8 Å². The number of fused-ring (bicyclic) bond motifs is 1. The van der Waals surface area contributed by atoms with Crippen LogP contribution in [-0.2, 0) is 13.0 Å². The number of ether oxygens (including phenoxy) is 1. The Hall–Kier alpha value is -2.98. The SMILES string of the molecule is Cc1c(-c2ccc(Cn3c(CC(CN)=C(F)F)n[nH]c3=O)s2)ccc2c1NCCO2. The van der Waals surface area contributed by atoms with Gasteiger partial charge >= 0.3 is 5.69 Å². The Morgan fingerprint density at radius 3 is 2.93 bits per heavy atom. The highest BCUT2D eigenvalue weighted by Crippen LogP contribution is 2.39. The number of thiophene rings is 1. The van der Waals surface area contributed by atoms with E-state index in [4.69, 9.17) is 10.5 Å². The van der Waals surface area contributed by atoms with E-state index in [1.165, 1.54) is 4.57 Å². The average molecular weight is 433 g/mol. The van der Waals surface area contributed by atoms with E-state index in [2.05, 4.69) is 15.5 Å². The number of nitrogens with two attached hydrogens (primary N) is 1. The number of hydrogen-bond donors (Lipinski definition) is 3. The third-order valence-electron chi connectivity index (χ3n) is 5.05. The molecule has 158 valence electrons. The Labute approximate surface area is 175 Å². The number of aromatic nitrogens is 3. The van der Waals surface area contributed by atoms with Gasteiger partial charge in [0.15, 0.2) is 0 Å². The second-order valence-electron chi connectivity index (χ2n) is 6.93. The molecule has 0 radical (unpaired) electrons. The van der Waals surface area contributed by atoms with Crippen LogP contribution in [-0.4, -0.2) is 34.5 Å². The molecule has 0 bridgehead atoms. The highest BCUT2D eigenvalue weighted by atomic mass is 32.1. The van der Waals surface area contributed by atoms with Crippen LogP contribution in [0.1, 0.15) is 16.3 Å². The summed E-state index contributed by atoms with van der Waals surface area (Å²) in [6.07, 6.45) is -2.01. The van der Waals surface area contributed by atoms with Crippen molar-refractivity contribution in [2.24, 2.45) is 5.73 Å². The zero-order valence-electron chi connectivity index (χ0n) is 16.3. The van der Waals surface area contributed by atoms with Gasteiger partial charge in [-0.05, 0) is 42.3 Å². The van der Waals surface area contributed by atoms with Crippen LogP contribution in [0.15, 0.2) is 40.7 Å². The molecule has 2 aromatic heterocycles. The van der Waals surface area contributed by atoms with E-state index in [-0.39, 0.29) is 30.9 Å². The van der Waals surface area contributed by atoms with Crippen molar-refractivity contribution in [2.45, 2.75) is 19.9 Å². The van der Waals surface area contributed by atoms with Gasteiger partial charge in [-0.15, -0.1) is 11.3 Å². The molecule has 1 aromatic carbocycles. The van der Waals surface area contributed by atoms with Crippen molar-refractivity contribution in [2.75, 3.05) is 25.0 Å². The van der Waals surface area contributed by atoms with Crippen LogP contribution in [0.2, 0.25) is 0 Å². The van der Waals surface area contributed by atoms with Gasteiger partial charge in [0.25, 0.3) is 6.08 Å². The molecule has 3 heterocycles. The standard InChI is InChI=1S/C20H21F2N5O2S/c1-11-14(3-4-15-18(11)24-6-7-29-15)16-5-2-13(30-16)10-27-17(25-26-20(27)28)8-12(9-23)19(21)22/h2-5,24H,6-10,23H2,1H3,(H,26,28). The minimum Gasteiger partial charge on any atom is -0.490 e. The quantitative estimate of drug-likeness (QED) is 0.555. The van der Waals surface area contributed by atoms with Crippen LogP contribution in [0.25, 0.3) is 10.4 Å². The Bertz CT molecular complexity index is 1160. The fourth-order valence-corrected chi connectivity index (χ4v) is 4.53. The minimum atomic E-state index is -1.83. The summed E-state index contributed by atoms with van der Waals surface area (Å²) in [6, 6.07) is 7.90. The lowest BCUT2D eigenvalue weighted by atomic mass is 10.0. The Morgan fingerprint density at radius 2 is 2.17 bits per heavy atom. The molecule has 10 heteroatoms. The number of halogens is 2. The number of nitrogens with zero attached hydrogens (tertiary/aromatic N) is 2. The molecule has 4 N–H and O–H groups in total. The van der Waals surface area contributed by atoms with Gasteiger partial charge in [0, 0.05) is 34.8 Å². The van der Waals surface area contributed by atoms with Crippen molar-refractivity contribution in [3.05, 3.63) is 62.7 Å². The smallest absolute Gasteiger partial charge is 0.343 e. The molecule has 0 unspecified atom stereocenters. The molecule has 0 saturated carbocycles. The number of hydrogen-bond acceptors (Lipinski definition) is 6. The molecular weight excluding hydrogens is 412 g/mol. The van der Waals surface area contributed by atoms with Crippen molar-refractivity contribution < 1.29 is 13.5 Å². The van der Waals surface area contributed by atoms with Gasteiger partial charge in [-0.3, -0.25) is 4.57 Å². The van der Waals surface area contributed by atoms with Crippen LogP contribution in [0, 0.1) is 6.92 Å². The zero-order chi connectivity index (χ0) is 21.3. The summed E-state index contributed by atoms with van der Waals surface area (Å²) in [7, 11) is 0. The number of H-pyrrole nitrogens is 1. The molecule has 0 saturated heterocycles. The first-order valence-corrected chi connectivity index (χ1v) is 10.3. The molecule has 0 amide bonds. The summed E-state index contributed by atoms with van der Waals surface area (Å²) in [5.41, 5.74) is 7.88. The summed E-state index contributed by atoms with van der Waals surface area (Å²) in [4.78, 5) is 14.1. The number of nitrogens with one attached hydrogen (secondary N) is 2. The molecule has 30 heavy (non-hydrogen) atoms. The zero-order valence-corrected chi connectivity index (χ0v) is 17.1. The van der Waals surface area contributed by atoms with Gasteiger partial charge in [-0.1, -0.05) is 0 Å². The molecule has 1 aliphatic heterocycles. The predicted octanol–water partition coefficient (Wildman–Crippen LogP) is 3.11. The minimum absolute atomic E-state index is 0.175. The first-order chi connectivity index (χ1) is 14.5. The summed E-state index contributed by atoms with van der Waals surface area (Å²) >= 11 is 1.54. The summed E-state index contributed by atoms with van der Waals surface area (Å²) in [5.74, 6) is 1.08. The van der Waals surface area contributed by atoms with Crippen molar-refractivity contribution in [1.82, 2.24) is 14.8 Å². The van der Waals surface area contributed by atoms with Gasteiger partial charge in [0.1, 0.15) is 18.2 Å². The summed E-state index contributed by atoms with van der Waals surface area (Å²) < 4.78 is 33.0. The first kappa shape index (κ1) is 20.3. The average Bonchev–Trinajstić information content (AvgIpc) is 3.34. The molecule has 0 fully saturated rings. The first-order valence-electron chi connectivity index (χ1n) is 9.44. The van der Waals surface area contributed by atoms with Crippen LogP contribution in [0.4, 0.5) is 14.5 Å². The van der Waals surface area contributed by atoms with Gasteiger partial charge in [0.05, 0.1) is 12.2 Å². The Morgan fingerprint density at radius 1 is 1.33 bits per heavy atom. The van der Waals surface area contributed by atoms with Crippen molar-refractivity contribution in [1.29, 1.82) is 0 Å². The third kappa shape index (κ3) is 3.88. The molecule has 7 nitrogen and oxygen atoms in total. The second kappa shape index (κ2) is 8.41. The van der Waals surface area contributed by atoms with Crippen molar-refractivity contribution in [3.63, 3.8) is 0 Å². The van der Waals surface area contributed by atoms with Crippen LogP contribution in [0.5, 0.6) is 5.75 Å². The maximum atomic E-state index is 13.0. The van der Waals surface area contributed by atoms with E-state index in [0.717, 1.165) is 38.9 Å². The number of anilines is 1. The van der Waals surface area contributed by atoms with Crippen LogP contribution >= 0.6 is 11.3 Å². The maximum Gasteiger partial charge on any atom is 0.343 e. The Kier molecular flexibility index (Phi) is 5.69. The van der Waals surface area contributed by atoms with E-state index >= 15 is 0 Å². The van der Waals surface area contributed by atoms with Crippen LogP contribution < -0.4 is 21.5 Å². The topological polar surface area (TPSA) is 98.0 Å². The lowest BCUT2D eigenvalue weighted by molar-refractivity contribution is 0.323. The normalized spacial score (nSPS) is 12.8. The fourth-order valence-electron chi connectivity index (χ4n) is 3.45. The molecular formula is C20H21F2N5O2S. The number of rotatable bonds is 6. The molecule has 0 spiro atoms. The van der Waals surface area contributed by atoms with E-state index in [1.54, 1.807) is 11.3 Å². The van der Waals surface area contributed by atoms with E-state index in [1.807, 2.05) is 31.2 Å². The Balaban J connectivity index is 1.60. The van der Waals surface area contributed by atoms with Crippen molar-refractivity contribution >= 4 is 17.0 Å². The predicted molar refractivity (Wildman–Crippen MR) is 112 cm³/mol. The van der Waals surface area contributed by atoms with Gasteiger partial charge in [-0.2, -0.15) is 13.9 Å². The lowest BCUT2D eigenvalue weighted by Gasteiger charge is -2.22. The summed E-state index contributed by atoms with van der Waals surface area (Å²) in [5, 5.41) is 9.61. The third-order valence-corrected chi connectivity index (χ3v) is 6.16. The lowest BCUT2D eigenvalue weighted by Crippen LogP contribution is -2.20. The van der Waals surface area contributed by atoms with E-state index in [0.29, 0.717) is 6.61 Å². The number of benzene rings is 1. The molecule has 0 atom stereocenters. The van der Waals surface area contributed by atoms with Crippen molar-refractivity contribution in [3.8, 4) is 16.2 Å². The van der Waals surface area contributed by atoms with Gasteiger partial charge in [0.2, 0.25) is 0 Å². The molecule has 4 rings (SSSR count). The van der Waals surface area contributed by atoms with E-state index < -0.39 is 11.8 Å². The molecule has 0 aliphatic carbocycles. The fraction of sp³-hybridized carbons (Fsp3) is 0.300.